The molecule has 0 aliphatic carbocycles. The van der Waals surface area contributed by atoms with E-state index in [1.165, 1.54) is 23.1 Å². The first-order valence-electron chi connectivity index (χ1n) is 12.1. The Morgan fingerprint density at radius 2 is 1.68 bits per heavy atom. The average Bonchev–Trinajstić information content (AvgIpc) is 2.92. The Morgan fingerprint density at radius 1 is 1.03 bits per heavy atom. The summed E-state index contributed by atoms with van der Waals surface area (Å²) < 4.78 is 33.7. The first kappa shape index (κ1) is 29.0. The number of aryl methyl sites for hydroxylation is 1. The van der Waals surface area contributed by atoms with Crippen molar-refractivity contribution in [3.63, 3.8) is 0 Å². The molecule has 202 valence electrons. The van der Waals surface area contributed by atoms with Gasteiger partial charge in [-0.05, 0) is 68.3 Å². The fraction of sp³-hybridized carbons (Fsp3) is 0.286. The van der Waals surface area contributed by atoms with Gasteiger partial charge in [0, 0.05) is 18.1 Å². The van der Waals surface area contributed by atoms with Crippen LogP contribution in [0.5, 0.6) is 5.75 Å². The third kappa shape index (κ3) is 6.85. The summed E-state index contributed by atoms with van der Waals surface area (Å²) in [6.45, 7) is 5.16. The van der Waals surface area contributed by atoms with Crippen molar-refractivity contribution >= 4 is 39.1 Å². The molecule has 0 saturated heterocycles. The summed E-state index contributed by atoms with van der Waals surface area (Å²) in [5.74, 6) is -0.235. The topological polar surface area (TPSA) is 96.0 Å². The molecule has 0 radical (unpaired) electrons. The minimum atomic E-state index is -4.14. The number of benzene rings is 3. The van der Waals surface area contributed by atoms with Crippen LogP contribution in [0.25, 0.3) is 0 Å². The molecule has 8 nitrogen and oxygen atoms in total. The Hall–Kier alpha value is -3.56. The molecule has 3 rings (SSSR count). The number of hydrogen-bond donors (Lipinski definition) is 1. The molecule has 0 fully saturated rings. The number of rotatable bonds is 11. The summed E-state index contributed by atoms with van der Waals surface area (Å²) in [5, 5.41) is 3.11. The van der Waals surface area contributed by atoms with Crippen LogP contribution in [0.3, 0.4) is 0 Å². The molecule has 0 aliphatic heterocycles. The number of ether oxygens (including phenoxy) is 1. The Labute approximate surface area is 229 Å². The lowest BCUT2D eigenvalue weighted by atomic mass is 10.1. The monoisotopic (exact) mass is 557 g/mol. The molecule has 3 aromatic rings. The standard InChI is InChI=1S/C28H32ClN3O5S/c1-5-30-28(34)21(3)31(18-22-12-15-24(37-4)16-13-22)27(33)19-32(23-14-11-20(2)26(29)17-23)38(35,36)25-9-7-6-8-10-25/h6-17,21H,5,18-19H2,1-4H3,(H,30,34). The minimum absolute atomic E-state index is 0.0305. The van der Waals surface area contributed by atoms with E-state index in [2.05, 4.69) is 5.32 Å². The summed E-state index contributed by atoms with van der Waals surface area (Å²) in [6, 6.07) is 18.9. The maximum Gasteiger partial charge on any atom is 0.264 e. The highest BCUT2D eigenvalue weighted by Crippen LogP contribution is 2.28. The fourth-order valence-corrected chi connectivity index (χ4v) is 5.42. The molecule has 1 N–H and O–H groups in total. The minimum Gasteiger partial charge on any atom is -0.497 e. The molecule has 0 bridgehead atoms. The van der Waals surface area contributed by atoms with Crippen molar-refractivity contribution in [1.29, 1.82) is 0 Å². The molecular formula is C28H32ClN3O5S. The van der Waals surface area contributed by atoms with Crippen LogP contribution < -0.4 is 14.4 Å². The van der Waals surface area contributed by atoms with E-state index < -0.39 is 28.5 Å². The van der Waals surface area contributed by atoms with Gasteiger partial charge >= 0.3 is 0 Å². The SMILES string of the molecule is CCNC(=O)C(C)N(Cc1ccc(OC)cc1)C(=O)CN(c1ccc(C)c(Cl)c1)S(=O)(=O)c1ccccc1. The van der Waals surface area contributed by atoms with Crippen LogP contribution in [0.15, 0.2) is 77.7 Å². The lowest BCUT2D eigenvalue weighted by Gasteiger charge is -2.32. The number of amides is 2. The second-order valence-corrected chi connectivity index (χ2v) is 11.0. The number of hydrogen-bond acceptors (Lipinski definition) is 5. The van der Waals surface area contributed by atoms with Crippen molar-refractivity contribution in [2.24, 2.45) is 0 Å². The molecule has 0 heterocycles. The van der Waals surface area contributed by atoms with Gasteiger partial charge in [0.05, 0.1) is 17.7 Å². The Bertz CT molecular complexity index is 1360. The Kier molecular flexibility index (Phi) is 9.77. The zero-order chi connectivity index (χ0) is 27.9. The first-order chi connectivity index (χ1) is 18.1. The highest BCUT2D eigenvalue weighted by molar-refractivity contribution is 7.92. The number of sulfonamides is 1. The normalized spacial score (nSPS) is 11.9. The second-order valence-electron chi connectivity index (χ2n) is 8.70. The quantitative estimate of drug-likeness (QED) is 0.377. The molecule has 38 heavy (non-hydrogen) atoms. The number of nitrogens with zero attached hydrogens (tertiary/aromatic N) is 2. The summed E-state index contributed by atoms with van der Waals surface area (Å²) in [5.41, 5.74) is 1.77. The third-order valence-electron chi connectivity index (χ3n) is 6.08. The van der Waals surface area contributed by atoms with E-state index in [0.29, 0.717) is 17.3 Å². The van der Waals surface area contributed by atoms with Gasteiger partial charge in [-0.15, -0.1) is 0 Å². The van der Waals surface area contributed by atoms with Gasteiger partial charge in [-0.1, -0.05) is 48.0 Å². The van der Waals surface area contributed by atoms with E-state index in [9.17, 15) is 18.0 Å². The van der Waals surface area contributed by atoms with Gasteiger partial charge in [0.1, 0.15) is 18.3 Å². The van der Waals surface area contributed by atoms with Gasteiger partial charge in [-0.3, -0.25) is 13.9 Å². The number of nitrogens with one attached hydrogen (secondary N) is 1. The maximum absolute atomic E-state index is 13.8. The molecule has 2 amide bonds. The lowest BCUT2D eigenvalue weighted by molar-refractivity contribution is -0.139. The number of anilines is 1. The van der Waals surface area contributed by atoms with Crippen LogP contribution in [0.1, 0.15) is 25.0 Å². The van der Waals surface area contributed by atoms with Gasteiger partial charge < -0.3 is 15.0 Å². The molecule has 10 heteroatoms. The smallest absolute Gasteiger partial charge is 0.264 e. The summed E-state index contributed by atoms with van der Waals surface area (Å²) in [4.78, 5) is 28.0. The summed E-state index contributed by atoms with van der Waals surface area (Å²) >= 11 is 6.33. The van der Waals surface area contributed by atoms with Crippen LogP contribution >= 0.6 is 11.6 Å². The number of likely N-dealkylation sites (N-methyl/N-ethyl adjacent to an activating group) is 1. The van der Waals surface area contributed by atoms with E-state index in [1.54, 1.807) is 82.5 Å². The first-order valence-corrected chi connectivity index (χ1v) is 13.9. The zero-order valence-electron chi connectivity index (χ0n) is 21.8. The maximum atomic E-state index is 13.8. The molecule has 0 aromatic heterocycles. The van der Waals surface area contributed by atoms with Crippen LogP contribution in [0.4, 0.5) is 5.69 Å². The van der Waals surface area contributed by atoms with E-state index >= 15 is 0 Å². The molecule has 0 saturated carbocycles. The van der Waals surface area contributed by atoms with E-state index in [4.69, 9.17) is 16.3 Å². The van der Waals surface area contributed by atoms with Gasteiger partial charge in [0.2, 0.25) is 11.8 Å². The number of methoxy groups -OCH3 is 1. The van der Waals surface area contributed by atoms with Crippen LogP contribution in [-0.4, -0.2) is 51.4 Å². The van der Waals surface area contributed by atoms with Gasteiger partial charge in [-0.2, -0.15) is 0 Å². The van der Waals surface area contributed by atoms with Crippen molar-refractivity contribution < 1.29 is 22.7 Å². The van der Waals surface area contributed by atoms with Crippen molar-refractivity contribution in [1.82, 2.24) is 10.2 Å². The third-order valence-corrected chi connectivity index (χ3v) is 8.28. The van der Waals surface area contributed by atoms with Gasteiger partial charge in [0.25, 0.3) is 10.0 Å². The highest BCUT2D eigenvalue weighted by atomic mass is 35.5. The second kappa shape index (κ2) is 12.8. The molecule has 1 atom stereocenters. The van der Waals surface area contributed by atoms with Gasteiger partial charge in [0.15, 0.2) is 0 Å². The van der Waals surface area contributed by atoms with Crippen molar-refractivity contribution in [2.75, 3.05) is 24.5 Å². The van der Waals surface area contributed by atoms with Crippen LogP contribution in [0, 0.1) is 6.92 Å². The summed E-state index contributed by atoms with van der Waals surface area (Å²) in [7, 11) is -2.58. The molecular weight excluding hydrogens is 526 g/mol. The Balaban J connectivity index is 2.03. The van der Waals surface area contributed by atoms with E-state index in [-0.39, 0.29) is 23.0 Å². The molecule has 1 unspecified atom stereocenters. The van der Waals surface area contributed by atoms with E-state index in [0.717, 1.165) is 15.4 Å². The largest absolute Gasteiger partial charge is 0.497 e. The number of halogens is 1. The average molecular weight is 558 g/mol. The molecule has 0 spiro atoms. The van der Waals surface area contributed by atoms with Gasteiger partial charge in [-0.25, -0.2) is 8.42 Å². The predicted molar refractivity (Wildman–Crippen MR) is 149 cm³/mol. The lowest BCUT2D eigenvalue weighted by Crippen LogP contribution is -2.51. The zero-order valence-corrected chi connectivity index (χ0v) is 23.4. The van der Waals surface area contributed by atoms with Crippen LogP contribution in [0.2, 0.25) is 5.02 Å². The molecule has 3 aromatic carbocycles. The number of carbonyl (C=O) groups excluding carboxylic acids is 2. The van der Waals surface area contributed by atoms with Crippen LogP contribution in [-0.2, 0) is 26.2 Å². The van der Waals surface area contributed by atoms with Crippen molar-refractivity contribution in [2.45, 2.75) is 38.3 Å². The van der Waals surface area contributed by atoms with Crippen molar-refractivity contribution in [3.8, 4) is 5.75 Å². The molecule has 0 aliphatic rings. The highest BCUT2D eigenvalue weighted by Gasteiger charge is 2.32. The van der Waals surface area contributed by atoms with Crippen molar-refractivity contribution in [3.05, 3.63) is 88.9 Å². The fourth-order valence-electron chi connectivity index (χ4n) is 3.82. The summed E-state index contributed by atoms with van der Waals surface area (Å²) in [6.07, 6.45) is 0. The van der Waals surface area contributed by atoms with E-state index in [1.807, 2.05) is 0 Å². The number of carbonyl (C=O) groups is 2. The Morgan fingerprint density at radius 3 is 2.26 bits per heavy atom. The predicted octanol–water partition coefficient (Wildman–Crippen LogP) is 4.41.